The van der Waals surface area contributed by atoms with E-state index in [-0.39, 0.29) is 37.8 Å². The number of hydrogen-bond acceptors (Lipinski definition) is 6. The molecule has 7 nitrogen and oxygen atoms in total. The van der Waals surface area contributed by atoms with Crippen LogP contribution in [0.1, 0.15) is 30.0 Å². The number of aliphatic hydroxyl groups excluding tert-OH is 1. The Hall–Kier alpha value is -2.97. The average Bonchev–Trinajstić information content (AvgIpc) is 3.10. The molecule has 0 atom stereocenters. The van der Waals surface area contributed by atoms with E-state index in [2.05, 4.69) is 15.6 Å². The van der Waals surface area contributed by atoms with Crippen LogP contribution in [0.4, 0.5) is 15.8 Å². The lowest BCUT2D eigenvalue weighted by Gasteiger charge is -2.09. The fraction of sp³-hybridized carbons (Fsp3) is 0.333. The second-order valence-electron chi connectivity index (χ2n) is 5.88. The summed E-state index contributed by atoms with van der Waals surface area (Å²) in [5.74, 6) is -0.869. The number of pyridine rings is 1. The molecule has 0 unspecified atom stereocenters. The highest BCUT2D eigenvalue weighted by molar-refractivity contribution is 6.07. The van der Waals surface area contributed by atoms with E-state index >= 15 is 0 Å². The van der Waals surface area contributed by atoms with Crippen molar-refractivity contribution in [2.24, 2.45) is 0 Å². The maximum Gasteiger partial charge on any atom is 0.289 e. The minimum atomic E-state index is -0.464. The summed E-state index contributed by atoms with van der Waals surface area (Å²) in [4.78, 5) is 16.6. The molecule has 2 heterocycles. The summed E-state index contributed by atoms with van der Waals surface area (Å²) in [5.41, 5.74) is 1.82. The minimum Gasteiger partial charge on any atom is -0.448 e. The third-order valence-electron chi connectivity index (χ3n) is 3.85. The fourth-order valence-electron chi connectivity index (χ4n) is 2.57. The SMILES string of the molecule is CC.Cc1ccc(Nc2c(C(=O)NCCOCCO)oc3ccncc23)c(F)c1. The molecule has 2 aromatic heterocycles. The Morgan fingerprint density at radius 3 is 2.79 bits per heavy atom. The summed E-state index contributed by atoms with van der Waals surface area (Å²) in [6, 6.07) is 6.41. The lowest BCUT2D eigenvalue weighted by Crippen LogP contribution is -2.27. The van der Waals surface area contributed by atoms with Gasteiger partial charge in [0.1, 0.15) is 17.1 Å². The molecular formula is C21H26FN3O4. The highest BCUT2D eigenvalue weighted by Crippen LogP contribution is 2.33. The fourth-order valence-corrected chi connectivity index (χ4v) is 2.57. The molecule has 8 heteroatoms. The number of nitrogens with one attached hydrogen (secondary N) is 2. The van der Waals surface area contributed by atoms with E-state index in [1.54, 1.807) is 37.5 Å². The van der Waals surface area contributed by atoms with Gasteiger partial charge in [0.05, 0.1) is 30.9 Å². The molecule has 0 aliphatic rings. The quantitative estimate of drug-likeness (QED) is 0.495. The van der Waals surface area contributed by atoms with Crippen LogP contribution in [0.2, 0.25) is 0 Å². The van der Waals surface area contributed by atoms with E-state index in [1.165, 1.54) is 6.07 Å². The van der Waals surface area contributed by atoms with Crippen molar-refractivity contribution in [2.75, 3.05) is 31.7 Å². The third-order valence-corrected chi connectivity index (χ3v) is 3.85. The molecule has 0 fully saturated rings. The van der Waals surface area contributed by atoms with Crippen LogP contribution in [0.15, 0.2) is 41.1 Å². The number of aromatic nitrogens is 1. The zero-order valence-electron chi connectivity index (χ0n) is 16.8. The van der Waals surface area contributed by atoms with Crippen molar-refractivity contribution >= 4 is 28.3 Å². The van der Waals surface area contributed by atoms with Crippen LogP contribution < -0.4 is 10.6 Å². The van der Waals surface area contributed by atoms with Gasteiger partial charge in [-0.05, 0) is 30.7 Å². The highest BCUT2D eigenvalue weighted by atomic mass is 19.1. The molecule has 3 rings (SSSR count). The van der Waals surface area contributed by atoms with Crippen molar-refractivity contribution in [2.45, 2.75) is 20.8 Å². The molecule has 29 heavy (non-hydrogen) atoms. The smallest absolute Gasteiger partial charge is 0.289 e. The second kappa shape index (κ2) is 11.1. The number of carbonyl (C=O) groups excluding carboxylic acids is 1. The van der Waals surface area contributed by atoms with Gasteiger partial charge in [0.15, 0.2) is 0 Å². The van der Waals surface area contributed by atoms with Crippen molar-refractivity contribution in [3.63, 3.8) is 0 Å². The summed E-state index contributed by atoms with van der Waals surface area (Å²) < 4.78 is 25.0. The number of aryl methyl sites for hydroxylation is 1. The first kappa shape index (κ1) is 22.3. The van der Waals surface area contributed by atoms with Crippen LogP contribution in [0.3, 0.4) is 0 Å². The largest absolute Gasteiger partial charge is 0.448 e. The van der Waals surface area contributed by atoms with E-state index in [9.17, 15) is 9.18 Å². The van der Waals surface area contributed by atoms with E-state index in [4.69, 9.17) is 14.3 Å². The van der Waals surface area contributed by atoms with Gasteiger partial charge in [-0.1, -0.05) is 19.9 Å². The number of furan rings is 1. The number of aliphatic hydroxyl groups is 1. The number of benzene rings is 1. The van der Waals surface area contributed by atoms with Gasteiger partial charge in [-0.15, -0.1) is 0 Å². The topological polar surface area (TPSA) is 96.6 Å². The Kier molecular flexibility index (Phi) is 8.57. The van der Waals surface area contributed by atoms with Crippen molar-refractivity contribution < 1.29 is 23.4 Å². The van der Waals surface area contributed by atoms with Gasteiger partial charge in [-0.2, -0.15) is 0 Å². The Balaban J connectivity index is 0.00000145. The molecule has 0 aliphatic heterocycles. The average molecular weight is 403 g/mol. The molecule has 1 amide bonds. The number of amides is 1. The molecular weight excluding hydrogens is 377 g/mol. The number of rotatable bonds is 8. The Morgan fingerprint density at radius 2 is 2.07 bits per heavy atom. The van der Waals surface area contributed by atoms with Crippen LogP contribution in [0.25, 0.3) is 11.0 Å². The Morgan fingerprint density at radius 1 is 1.28 bits per heavy atom. The van der Waals surface area contributed by atoms with Crippen molar-refractivity contribution in [3.8, 4) is 0 Å². The monoisotopic (exact) mass is 403 g/mol. The zero-order chi connectivity index (χ0) is 21.2. The number of ether oxygens (including phenoxy) is 1. The summed E-state index contributed by atoms with van der Waals surface area (Å²) in [7, 11) is 0. The van der Waals surface area contributed by atoms with Crippen LogP contribution >= 0.6 is 0 Å². The first-order chi connectivity index (χ1) is 14.1. The molecule has 0 bridgehead atoms. The molecule has 1 aromatic carbocycles. The van der Waals surface area contributed by atoms with Crippen molar-refractivity contribution in [1.82, 2.24) is 10.3 Å². The van der Waals surface area contributed by atoms with E-state index < -0.39 is 11.7 Å². The molecule has 0 spiro atoms. The predicted molar refractivity (Wildman–Crippen MR) is 110 cm³/mol. The van der Waals surface area contributed by atoms with E-state index in [0.717, 1.165) is 5.56 Å². The third kappa shape index (κ3) is 5.75. The van der Waals surface area contributed by atoms with Gasteiger partial charge < -0.3 is 24.9 Å². The molecule has 0 aliphatic carbocycles. The van der Waals surface area contributed by atoms with Gasteiger partial charge in [0, 0.05) is 18.9 Å². The van der Waals surface area contributed by atoms with E-state index in [1.807, 2.05) is 13.8 Å². The highest BCUT2D eigenvalue weighted by Gasteiger charge is 2.21. The number of fused-ring (bicyclic) bond motifs is 1. The summed E-state index contributed by atoms with van der Waals surface area (Å²) >= 11 is 0. The van der Waals surface area contributed by atoms with Crippen molar-refractivity contribution in [1.29, 1.82) is 0 Å². The van der Waals surface area contributed by atoms with Crippen LogP contribution in [-0.2, 0) is 4.74 Å². The number of hydrogen-bond donors (Lipinski definition) is 3. The molecule has 0 radical (unpaired) electrons. The molecule has 0 saturated carbocycles. The number of anilines is 2. The Bertz CT molecular complexity index is 943. The van der Waals surface area contributed by atoms with E-state index in [0.29, 0.717) is 16.7 Å². The van der Waals surface area contributed by atoms with Gasteiger partial charge >= 0.3 is 0 Å². The summed E-state index contributed by atoms with van der Waals surface area (Å²) in [5, 5.41) is 14.9. The van der Waals surface area contributed by atoms with Gasteiger partial charge in [0.25, 0.3) is 5.91 Å². The number of halogens is 1. The first-order valence-corrected chi connectivity index (χ1v) is 9.46. The normalized spacial score (nSPS) is 10.4. The van der Waals surface area contributed by atoms with Gasteiger partial charge in [-0.3, -0.25) is 9.78 Å². The molecule has 3 N–H and O–H groups in total. The minimum absolute atomic E-state index is 0.0279. The second-order valence-corrected chi connectivity index (χ2v) is 5.88. The maximum absolute atomic E-state index is 14.3. The number of carbonyl (C=O) groups is 1. The van der Waals surface area contributed by atoms with Gasteiger partial charge in [-0.25, -0.2) is 4.39 Å². The first-order valence-electron chi connectivity index (χ1n) is 9.46. The maximum atomic E-state index is 14.3. The lowest BCUT2D eigenvalue weighted by atomic mass is 10.2. The predicted octanol–water partition coefficient (Wildman–Crippen LogP) is 3.78. The molecule has 3 aromatic rings. The van der Waals surface area contributed by atoms with Crippen LogP contribution in [0.5, 0.6) is 0 Å². The molecule has 156 valence electrons. The zero-order valence-corrected chi connectivity index (χ0v) is 16.8. The van der Waals surface area contributed by atoms with Gasteiger partial charge in [0.2, 0.25) is 5.76 Å². The number of nitrogens with zero attached hydrogens (tertiary/aromatic N) is 1. The Labute approximate surface area is 168 Å². The molecule has 0 saturated heterocycles. The summed E-state index contributed by atoms with van der Waals surface area (Å²) in [6.07, 6.45) is 3.10. The van der Waals surface area contributed by atoms with Crippen LogP contribution in [0, 0.1) is 12.7 Å². The van der Waals surface area contributed by atoms with Crippen molar-refractivity contribution in [3.05, 3.63) is 53.8 Å². The standard InChI is InChI=1S/C19H20FN3O4.C2H6/c1-12-2-3-15(14(20)10-12)23-17-13-11-21-5-4-16(13)27-18(17)19(25)22-6-8-26-9-7-24;1-2/h2-5,10-11,23-24H,6-9H2,1H3,(H,22,25);1-2H3. The van der Waals surface area contributed by atoms with Crippen LogP contribution in [-0.4, -0.2) is 42.4 Å². The lowest BCUT2D eigenvalue weighted by molar-refractivity contribution is 0.0823. The summed E-state index contributed by atoms with van der Waals surface area (Å²) in [6.45, 7) is 6.41.